The molecule has 0 aromatic heterocycles. The second kappa shape index (κ2) is 9.04. The molecule has 0 amide bonds. The first-order chi connectivity index (χ1) is 9.20. The Morgan fingerprint density at radius 3 is 2.40 bits per heavy atom. The first-order valence-corrected chi connectivity index (χ1v) is 8.14. The molecule has 1 atom stereocenters. The van der Waals surface area contributed by atoms with Crippen molar-refractivity contribution in [2.24, 2.45) is 5.92 Å². The van der Waals surface area contributed by atoms with Crippen LogP contribution >= 0.6 is 28.3 Å². The Labute approximate surface area is 137 Å². The van der Waals surface area contributed by atoms with Gasteiger partial charge in [-0.1, -0.05) is 28.1 Å². The van der Waals surface area contributed by atoms with Crippen LogP contribution in [-0.4, -0.2) is 31.6 Å². The zero-order chi connectivity index (χ0) is 13.7. The molecule has 0 bridgehead atoms. The van der Waals surface area contributed by atoms with Gasteiger partial charge in [0.25, 0.3) is 0 Å². The molecule has 1 heterocycles. The maximum Gasteiger partial charge on any atom is 0.0319 e. The van der Waals surface area contributed by atoms with Gasteiger partial charge in [0.1, 0.15) is 0 Å². The van der Waals surface area contributed by atoms with Gasteiger partial charge in [-0.2, -0.15) is 0 Å². The van der Waals surface area contributed by atoms with Crippen molar-refractivity contribution in [1.29, 1.82) is 0 Å². The minimum absolute atomic E-state index is 0. The van der Waals surface area contributed by atoms with Gasteiger partial charge >= 0.3 is 0 Å². The van der Waals surface area contributed by atoms with E-state index in [1.54, 1.807) is 0 Å². The summed E-state index contributed by atoms with van der Waals surface area (Å²) in [5, 5.41) is 3.26. The van der Waals surface area contributed by atoms with Crippen LogP contribution in [0.1, 0.15) is 37.8 Å². The minimum Gasteiger partial charge on any atom is -0.320 e. The fourth-order valence-electron chi connectivity index (χ4n) is 2.93. The van der Waals surface area contributed by atoms with Crippen LogP contribution in [0.3, 0.4) is 0 Å². The third kappa shape index (κ3) is 5.03. The Morgan fingerprint density at radius 2 is 1.85 bits per heavy atom. The summed E-state index contributed by atoms with van der Waals surface area (Å²) in [6, 6.07) is 9.30. The van der Waals surface area contributed by atoms with Crippen LogP contribution in [0, 0.1) is 5.92 Å². The van der Waals surface area contributed by atoms with Crippen molar-refractivity contribution in [2.45, 2.75) is 32.2 Å². The number of benzene rings is 1. The topological polar surface area (TPSA) is 15.3 Å². The zero-order valence-corrected chi connectivity index (χ0v) is 14.8. The van der Waals surface area contributed by atoms with Gasteiger partial charge in [0.2, 0.25) is 0 Å². The first-order valence-electron chi connectivity index (χ1n) is 7.35. The van der Waals surface area contributed by atoms with Gasteiger partial charge in [-0.05, 0) is 76.5 Å². The highest BCUT2D eigenvalue weighted by molar-refractivity contribution is 9.10. The summed E-state index contributed by atoms with van der Waals surface area (Å²) >= 11 is 3.50. The normalized spacial score (nSPS) is 18.6. The van der Waals surface area contributed by atoms with Gasteiger partial charge in [0.05, 0.1) is 0 Å². The molecule has 4 heteroatoms. The van der Waals surface area contributed by atoms with Crippen molar-refractivity contribution >= 4 is 28.3 Å². The molecule has 0 aliphatic carbocycles. The van der Waals surface area contributed by atoms with Gasteiger partial charge < -0.3 is 5.32 Å². The lowest BCUT2D eigenvalue weighted by Gasteiger charge is -2.36. The minimum atomic E-state index is 0. The predicted octanol–water partition coefficient (Wildman–Crippen LogP) is 4.25. The number of nitrogens with zero attached hydrogens (tertiary/aromatic N) is 1. The fraction of sp³-hybridized carbons (Fsp3) is 0.625. The molecule has 0 spiro atoms. The van der Waals surface area contributed by atoms with Crippen molar-refractivity contribution in [1.82, 2.24) is 10.2 Å². The average Bonchev–Trinajstić information content (AvgIpc) is 2.46. The highest BCUT2D eigenvalue weighted by atomic mass is 79.9. The summed E-state index contributed by atoms with van der Waals surface area (Å²) in [6.45, 7) is 5.97. The van der Waals surface area contributed by atoms with Gasteiger partial charge in [-0.3, -0.25) is 4.90 Å². The Bertz CT molecular complexity index is 375. The number of hydrogen-bond donors (Lipinski definition) is 1. The van der Waals surface area contributed by atoms with Crippen LogP contribution in [0.15, 0.2) is 28.7 Å². The van der Waals surface area contributed by atoms with E-state index in [0.29, 0.717) is 6.04 Å². The molecule has 1 saturated heterocycles. The van der Waals surface area contributed by atoms with E-state index in [1.807, 2.05) is 7.05 Å². The maximum atomic E-state index is 3.50. The van der Waals surface area contributed by atoms with Crippen LogP contribution in [0.2, 0.25) is 0 Å². The number of nitrogens with one attached hydrogen (secondary N) is 1. The Kier molecular flexibility index (Phi) is 8.11. The van der Waals surface area contributed by atoms with Crippen LogP contribution in [0.25, 0.3) is 0 Å². The number of rotatable bonds is 5. The Balaban J connectivity index is 0.00000200. The van der Waals surface area contributed by atoms with Crippen LogP contribution < -0.4 is 5.32 Å². The molecule has 1 N–H and O–H groups in total. The third-order valence-corrected chi connectivity index (χ3v) is 4.88. The molecule has 20 heavy (non-hydrogen) atoms. The van der Waals surface area contributed by atoms with E-state index in [2.05, 4.69) is 57.3 Å². The smallest absolute Gasteiger partial charge is 0.0319 e. The molecular formula is C16H26BrClN2. The number of piperidine rings is 1. The summed E-state index contributed by atoms with van der Waals surface area (Å²) in [4.78, 5) is 2.62. The van der Waals surface area contributed by atoms with Gasteiger partial charge in [0.15, 0.2) is 0 Å². The monoisotopic (exact) mass is 360 g/mol. The molecule has 114 valence electrons. The zero-order valence-electron chi connectivity index (χ0n) is 12.4. The number of hydrogen-bond acceptors (Lipinski definition) is 2. The molecule has 0 saturated carbocycles. The molecule has 1 aliphatic rings. The largest absolute Gasteiger partial charge is 0.320 e. The summed E-state index contributed by atoms with van der Waals surface area (Å²) in [6.07, 6.45) is 4.03. The summed E-state index contributed by atoms with van der Waals surface area (Å²) in [5.74, 6) is 0.917. The molecule has 1 aromatic rings. The standard InChI is InChI=1S/C16H25BrN2.ClH/c1-13(15-3-5-16(17)6-4-15)19-11-8-14(9-12-19)7-10-18-2;/h3-6,13-14,18H,7-12H2,1-2H3;1H. The van der Waals surface area contributed by atoms with Crippen molar-refractivity contribution in [3.8, 4) is 0 Å². The Morgan fingerprint density at radius 1 is 1.25 bits per heavy atom. The number of likely N-dealkylation sites (tertiary alicyclic amines) is 1. The van der Waals surface area contributed by atoms with E-state index < -0.39 is 0 Å². The summed E-state index contributed by atoms with van der Waals surface area (Å²) in [5.41, 5.74) is 1.43. The highest BCUT2D eigenvalue weighted by Gasteiger charge is 2.23. The van der Waals surface area contributed by atoms with Crippen LogP contribution in [-0.2, 0) is 0 Å². The van der Waals surface area contributed by atoms with Crippen molar-refractivity contribution in [3.63, 3.8) is 0 Å². The maximum absolute atomic E-state index is 3.50. The molecule has 1 fully saturated rings. The lowest BCUT2D eigenvalue weighted by atomic mass is 9.92. The van der Waals surface area contributed by atoms with Crippen LogP contribution in [0.5, 0.6) is 0 Å². The third-order valence-electron chi connectivity index (χ3n) is 4.35. The molecule has 1 unspecified atom stereocenters. The predicted molar refractivity (Wildman–Crippen MR) is 92.6 cm³/mol. The second-order valence-corrected chi connectivity index (χ2v) is 6.51. The van der Waals surface area contributed by atoms with Gasteiger partial charge in [0, 0.05) is 10.5 Å². The van der Waals surface area contributed by atoms with Gasteiger partial charge in [-0.15, -0.1) is 12.4 Å². The number of halogens is 2. The molecule has 1 aliphatic heterocycles. The molecular weight excluding hydrogens is 336 g/mol. The van der Waals surface area contributed by atoms with Crippen LogP contribution in [0.4, 0.5) is 0 Å². The lowest BCUT2D eigenvalue weighted by molar-refractivity contribution is 0.137. The lowest BCUT2D eigenvalue weighted by Crippen LogP contribution is -2.36. The second-order valence-electron chi connectivity index (χ2n) is 5.60. The molecule has 2 nitrogen and oxygen atoms in total. The van der Waals surface area contributed by atoms with Crippen molar-refractivity contribution < 1.29 is 0 Å². The van der Waals surface area contributed by atoms with E-state index in [0.717, 1.165) is 16.9 Å². The SMILES string of the molecule is CNCCC1CCN(C(C)c2ccc(Br)cc2)CC1.Cl. The average molecular weight is 362 g/mol. The van der Waals surface area contributed by atoms with Gasteiger partial charge in [-0.25, -0.2) is 0 Å². The molecule has 0 radical (unpaired) electrons. The summed E-state index contributed by atoms with van der Waals surface area (Å²) < 4.78 is 1.16. The van der Waals surface area contributed by atoms with E-state index in [-0.39, 0.29) is 12.4 Å². The highest BCUT2D eigenvalue weighted by Crippen LogP contribution is 2.28. The van der Waals surface area contributed by atoms with E-state index >= 15 is 0 Å². The van der Waals surface area contributed by atoms with E-state index in [9.17, 15) is 0 Å². The first kappa shape index (κ1) is 18.0. The molecule has 1 aromatic carbocycles. The van der Waals surface area contributed by atoms with Crippen molar-refractivity contribution in [2.75, 3.05) is 26.7 Å². The summed E-state index contributed by atoms with van der Waals surface area (Å²) in [7, 11) is 2.05. The quantitative estimate of drug-likeness (QED) is 0.843. The van der Waals surface area contributed by atoms with E-state index in [4.69, 9.17) is 0 Å². The fourth-order valence-corrected chi connectivity index (χ4v) is 3.19. The Hall–Kier alpha value is -0.0900. The van der Waals surface area contributed by atoms with E-state index in [1.165, 1.54) is 37.9 Å². The molecule has 2 rings (SSSR count). The van der Waals surface area contributed by atoms with Crippen molar-refractivity contribution in [3.05, 3.63) is 34.3 Å².